The first-order valence-electron chi connectivity index (χ1n) is 5.65. The van der Waals surface area contributed by atoms with Gasteiger partial charge in [-0.3, -0.25) is 4.98 Å². The Balaban J connectivity index is 2.28. The van der Waals surface area contributed by atoms with E-state index in [1.54, 1.807) is 38.2 Å². The van der Waals surface area contributed by atoms with E-state index in [0.717, 1.165) is 0 Å². The molecule has 0 aliphatic heterocycles. The lowest BCUT2D eigenvalue weighted by atomic mass is 10.1. The maximum atomic E-state index is 13.8. The van der Waals surface area contributed by atoms with E-state index in [0.29, 0.717) is 17.0 Å². The fraction of sp³-hybridized carbons (Fsp3) is 0.214. The van der Waals surface area contributed by atoms with Crippen LogP contribution in [0.5, 0.6) is 11.5 Å². The highest BCUT2D eigenvalue weighted by atomic mass is 19.1. The molecule has 1 heterocycles. The topological polar surface area (TPSA) is 42.4 Å². The van der Waals surface area contributed by atoms with E-state index in [1.165, 1.54) is 12.1 Å². The molecular formula is C14H14FNO2. The summed E-state index contributed by atoms with van der Waals surface area (Å²) < 4.78 is 19.2. The number of aliphatic hydroxyl groups excluding tert-OH is 1. The number of benzene rings is 1. The quantitative estimate of drug-likeness (QED) is 0.904. The van der Waals surface area contributed by atoms with Crippen molar-refractivity contribution in [2.45, 2.75) is 20.0 Å². The van der Waals surface area contributed by atoms with Crippen LogP contribution < -0.4 is 4.74 Å². The average molecular weight is 247 g/mol. The van der Waals surface area contributed by atoms with Crippen molar-refractivity contribution in [1.82, 2.24) is 4.98 Å². The van der Waals surface area contributed by atoms with Crippen LogP contribution in [0, 0.1) is 12.7 Å². The molecule has 0 fully saturated rings. The second-order valence-corrected chi connectivity index (χ2v) is 4.05. The highest BCUT2D eigenvalue weighted by Gasteiger charge is 2.10. The Morgan fingerprint density at radius 1 is 1.28 bits per heavy atom. The molecule has 0 radical (unpaired) electrons. The highest BCUT2D eigenvalue weighted by molar-refractivity contribution is 5.36. The molecule has 3 nitrogen and oxygen atoms in total. The van der Waals surface area contributed by atoms with Gasteiger partial charge in [0.2, 0.25) is 0 Å². The molecule has 0 amide bonds. The number of aliphatic hydroxyl groups is 1. The summed E-state index contributed by atoms with van der Waals surface area (Å²) in [7, 11) is 0. The van der Waals surface area contributed by atoms with Gasteiger partial charge in [0.1, 0.15) is 5.75 Å². The molecule has 0 unspecified atom stereocenters. The Morgan fingerprint density at radius 2 is 2.06 bits per heavy atom. The van der Waals surface area contributed by atoms with Gasteiger partial charge in [0.25, 0.3) is 0 Å². The minimum absolute atomic E-state index is 0.121. The lowest BCUT2D eigenvalue weighted by molar-refractivity contribution is 0.198. The second kappa shape index (κ2) is 5.14. The molecule has 94 valence electrons. The number of hydrogen-bond acceptors (Lipinski definition) is 3. The predicted octanol–water partition coefficient (Wildman–Crippen LogP) is 3.37. The van der Waals surface area contributed by atoms with Crippen LogP contribution in [0.15, 0.2) is 36.5 Å². The number of nitrogens with zero attached hydrogens (tertiary/aromatic N) is 1. The molecule has 1 N–H and O–H groups in total. The van der Waals surface area contributed by atoms with Crippen LogP contribution in [0.2, 0.25) is 0 Å². The molecule has 18 heavy (non-hydrogen) atoms. The summed E-state index contributed by atoms with van der Waals surface area (Å²) in [6.45, 7) is 3.37. The van der Waals surface area contributed by atoms with Gasteiger partial charge in [0.15, 0.2) is 11.6 Å². The average Bonchev–Trinajstić information content (AvgIpc) is 2.34. The van der Waals surface area contributed by atoms with Gasteiger partial charge in [-0.25, -0.2) is 4.39 Å². The minimum atomic E-state index is -0.700. The van der Waals surface area contributed by atoms with Crippen LogP contribution in [-0.4, -0.2) is 10.1 Å². The molecule has 4 heteroatoms. The molecule has 2 rings (SSSR count). The van der Waals surface area contributed by atoms with Gasteiger partial charge in [0, 0.05) is 6.20 Å². The van der Waals surface area contributed by atoms with E-state index >= 15 is 0 Å². The van der Waals surface area contributed by atoms with Gasteiger partial charge in [-0.1, -0.05) is 6.07 Å². The third kappa shape index (κ3) is 2.65. The van der Waals surface area contributed by atoms with Crippen molar-refractivity contribution in [3.63, 3.8) is 0 Å². The van der Waals surface area contributed by atoms with Gasteiger partial charge in [-0.15, -0.1) is 0 Å². The fourth-order valence-electron chi connectivity index (χ4n) is 1.56. The maximum Gasteiger partial charge on any atom is 0.166 e. The maximum absolute atomic E-state index is 13.8. The molecule has 2 aromatic rings. The van der Waals surface area contributed by atoms with Gasteiger partial charge < -0.3 is 9.84 Å². The largest absolute Gasteiger partial charge is 0.452 e. The smallest absolute Gasteiger partial charge is 0.166 e. The standard InChI is InChI=1S/C14H14FNO2/c1-9-13(4-3-7-16-9)18-14-6-5-11(10(2)17)8-12(14)15/h3-8,10,17H,1-2H3/t10-/m0/s1. The zero-order chi connectivity index (χ0) is 13.1. The molecule has 1 aromatic carbocycles. The molecular weight excluding hydrogens is 233 g/mol. The van der Waals surface area contributed by atoms with Crippen molar-refractivity contribution in [2.24, 2.45) is 0 Å². The molecule has 1 aromatic heterocycles. The number of pyridine rings is 1. The van der Waals surface area contributed by atoms with E-state index in [2.05, 4.69) is 4.98 Å². The zero-order valence-electron chi connectivity index (χ0n) is 10.2. The first kappa shape index (κ1) is 12.5. The number of ether oxygens (including phenoxy) is 1. The summed E-state index contributed by atoms with van der Waals surface area (Å²) in [6, 6.07) is 7.86. The summed E-state index contributed by atoms with van der Waals surface area (Å²) in [4.78, 5) is 4.06. The van der Waals surface area contributed by atoms with Crippen LogP contribution in [-0.2, 0) is 0 Å². The molecule has 0 saturated carbocycles. The second-order valence-electron chi connectivity index (χ2n) is 4.05. The lowest BCUT2D eigenvalue weighted by Crippen LogP contribution is -1.96. The summed E-state index contributed by atoms with van der Waals surface area (Å²) in [5.74, 6) is 0.133. The van der Waals surface area contributed by atoms with Crippen LogP contribution >= 0.6 is 0 Å². The molecule has 0 bridgehead atoms. The summed E-state index contributed by atoms with van der Waals surface area (Å²) in [6.07, 6.45) is 0.948. The Bertz CT molecular complexity index is 555. The molecule has 0 aliphatic rings. The van der Waals surface area contributed by atoms with Crippen molar-refractivity contribution in [3.05, 3.63) is 53.6 Å². The Morgan fingerprint density at radius 3 is 2.67 bits per heavy atom. The number of halogens is 1. The van der Waals surface area contributed by atoms with E-state index in [9.17, 15) is 9.50 Å². The van der Waals surface area contributed by atoms with Crippen LogP contribution in [0.1, 0.15) is 24.3 Å². The van der Waals surface area contributed by atoms with Crippen LogP contribution in [0.3, 0.4) is 0 Å². The van der Waals surface area contributed by atoms with E-state index in [1.807, 2.05) is 0 Å². The van der Waals surface area contributed by atoms with Crippen LogP contribution in [0.4, 0.5) is 4.39 Å². The molecule has 0 saturated heterocycles. The monoisotopic (exact) mass is 247 g/mol. The number of aryl methyl sites for hydroxylation is 1. The predicted molar refractivity (Wildman–Crippen MR) is 66.1 cm³/mol. The third-order valence-corrected chi connectivity index (χ3v) is 2.62. The first-order chi connectivity index (χ1) is 8.58. The van der Waals surface area contributed by atoms with Gasteiger partial charge in [0.05, 0.1) is 11.8 Å². The zero-order valence-corrected chi connectivity index (χ0v) is 10.2. The van der Waals surface area contributed by atoms with Crippen molar-refractivity contribution < 1.29 is 14.2 Å². The van der Waals surface area contributed by atoms with Crippen molar-refractivity contribution >= 4 is 0 Å². The SMILES string of the molecule is Cc1ncccc1Oc1ccc([C@H](C)O)cc1F. The minimum Gasteiger partial charge on any atom is -0.452 e. The van der Waals surface area contributed by atoms with E-state index in [4.69, 9.17) is 4.74 Å². The molecule has 1 atom stereocenters. The Hall–Kier alpha value is -1.94. The number of rotatable bonds is 3. The van der Waals surface area contributed by atoms with Crippen molar-refractivity contribution in [3.8, 4) is 11.5 Å². The van der Waals surface area contributed by atoms with Gasteiger partial charge in [-0.2, -0.15) is 0 Å². The molecule has 0 aliphatic carbocycles. The normalized spacial score (nSPS) is 12.2. The Kier molecular flexibility index (Phi) is 3.58. The van der Waals surface area contributed by atoms with Crippen LogP contribution in [0.25, 0.3) is 0 Å². The highest BCUT2D eigenvalue weighted by Crippen LogP contribution is 2.27. The summed E-state index contributed by atoms with van der Waals surface area (Å²) >= 11 is 0. The summed E-state index contributed by atoms with van der Waals surface area (Å²) in [5, 5.41) is 9.36. The van der Waals surface area contributed by atoms with Gasteiger partial charge >= 0.3 is 0 Å². The number of hydrogen-bond donors (Lipinski definition) is 1. The number of aromatic nitrogens is 1. The van der Waals surface area contributed by atoms with Crippen molar-refractivity contribution in [2.75, 3.05) is 0 Å². The Labute approximate surface area is 105 Å². The first-order valence-corrected chi connectivity index (χ1v) is 5.65. The lowest BCUT2D eigenvalue weighted by Gasteiger charge is -2.10. The van der Waals surface area contributed by atoms with Crippen molar-refractivity contribution in [1.29, 1.82) is 0 Å². The van der Waals surface area contributed by atoms with E-state index in [-0.39, 0.29) is 5.75 Å². The molecule has 0 spiro atoms. The van der Waals surface area contributed by atoms with E-state index < -0.39 is 11.9 Å². The third-order valence-electron chi connectivity index (χ3n) is 2.62. The van der Waals surface area contributed by atoms with Gasteiger partial charge in [-0.05, 0) is 43.7 Å². The fourth-order valence-corrected chi connectivity index (χ4v) is 1.56. The summed E-state index contributed by atoms with van der Waals surface area (Å²) in [5.41, 5.74) is 1.21.